The average Bonchev–Trinajstić information content (AvgIpc) is 3.32. The van der Waals surface area contributed by atoms with Crippen LogP contribution in [0, 0.1) is 17.1 Å². The summed E-state index contributed by atoms with van der Waals surface area (Å²) in [6.07, 6.45) is 2.16. The Bertz CT molecular complexity index is 1480. The van der Waals surface area contributed by atoms with Crippen molar-refractivity contribution in [3.05, 3.63) is 75.7 Å². The van der Waals surface area contributed by atoms with E-state index in [2.05, 4.69) is 20.6 Å². The fourth-order valence-corrected chi connectivity index (χ4v) is 5.39. The van der Waals surface area contributed by atoms with Crippen LogP contribution in [-0.4, -0.2) is 62.9 Å². The van der Waals surface area contributed by atoms with E-state index in [1.54, 1.807) is 24.1 Å². The second kappa shape index (κ2) is 12.5. The van der Waals surface area contributed by atoms with Crippen molar-refractivity contribution < 1.29 is 24.1 Å². The lowest BCUT2D eigenvalue weighted by molar-refractivity contribution is -0.131. The maximum Gasteiger partial charge on any atom is 0.237 e. The molecule has 3 heterocycles. The zero-order valence-electron chi connectivity index (χ0n) is 22.3. The third kappa shape index (κ3) is 6.17. The molecule has 12 heteroatoms. The minimum atomic E-state index is -1.09. The predicted molar refractivity (Wildman–Crippen MR) is 149 cm³/mol. The Morgan fingerprint density at radius 3 is 2.80 bits per heavy atom. The molecule has 1 unspecified atom stereocenters. The maximum absolute atomic E-state index is 13.9. The van der Waals surface area contributed by atoms with Crippen LogP contribution < -0.4 is 10.6 Å². The van der Waals surface area contributed by atoms with Crippen LogP contribution in [0.1, 0.15) is 54.3 Å². The second-order valence-electron chi connectivity index (χ2n) is 10.1. The van der Waals surface area contributed by atoms with Crippen molar-refractivity contribution in [1.29, 1.82) is 5.26 Å². The number of ether oxygens (including phenoxy) is 1. The van der Waals surface area contributed by atoms with Crippen LogP contribution >= 0.6 is 11.6 Å². The topological polar surface area (TPSA) is 144 Å². The number of carbonyl (C=O) groups is 1. The summed E-state index contributed by atoms with van der Waals surface area (Å²) in [5.74, 6) is -0.622. The molecule has 41 heavy (non-hydrogen) atoms. The number of nitrogens with zero attached hydrogens (tertiary/aromatic N) is 4. The van der Waals surface area contributed by atoms with Crippen molar-refractivity contribution in [2.24, 2.45) is 0 Å². The van der Waals surface area contributed by atoms with Gasteiger partial charge in [-0.2, -0.15) is 5.26 Å². The number of carbonyl (C=O) groups excluding carboxylic acids is 1. The quantitative estimate of drug-likeness (QED) is 0.315. The molecule has 2 aliphatic heterocycles. The highest BCUT2D eigenvalue weighted by Crippen LogP contribution is 2.37. The highest BCUT2D eigenvalue weighted by Gasteiger charge is 2.36. The Kier molecular flexibility index (Phi) is 8.77. The summed E-state index contributed by atoms with van der Waals surface area (Å²) in [5.41, 5.74) is 2.99. The van der Waals surface area contributed by atoms with Gasteiger partial charge in [0.05, 0.1) is 47.2 Å². The molecule has 3 aromatic rings. The smallest absolute Gasteiger partial charge is 0.237 e. The Morgan fingerprint density at radius 2 is 2.07 bits per heavy atom. The number of hydrogen-bond donors (Lipinski definition) is 4. The molecule has 10 nitrogen and oxygen atoms in total. The van der Waals surface area contributed by atoms with Crippen molar-refractivity contribution in [1.82, 2.24) is 20.2 Å². The molecule has 4 N–H and O–H groups in total. The van der Waals surface area contributed by atoms with Crippen LogP contribution in [0.3, 0.4) is 0 Å². The van der Waals surface area contributed by atoms with Gasteiger partial charge in [0.25, 0.3) is 0 Å². The second-order valence-corrected chi connectivity index (χ2v) is 10.6. The van der Waals surface area contributed by atoms with E-state index in [0.717, 1.165) is 30.5 Å². The molecule has 3 atom stereocenters. The van der Waals surface area contributed by atoms with Gasteiger partial charge < -0.3 is 25.6 Å². The Hall–Kier alpha value is -3.66. The summed E-state index contributed by atoms with van der Waals surface area (Å²) in [4.78, 5) is 23.7. The first-order valence-corrected chi connectivity index (χ1v) is 13.7. The summed E-state index contributed by atoms with van der Waals surface area (Å²) in [6.45, 7) is 2.76. The van der Waals surface area contributed by atoms with E-state index in [9.17, 15) is 24.7 Å². The molecule has 0 aliphatic carbocycles. The minimum Gasteiger partial charge on any atom is -0.394 e. The van der Waals surface area contributed by atoms with Crippen LogP contribution in [0.2, 0.25) is 5.02 Å². The number of amides is 1. The summed E-state index contributed by atoms with van der Waals surface area (Å²) < 4.78 is 19.3. The number of aliphatic hydroxyl groups excluding tert-OH is 2. The number of benzene rings is 2. The zero-order valence-corrected chi connectivity index (χ0v) is 23.1. The van der Waals surface area contributed by atoms with Gasteiger partial charge in [-0.15, -0.1) is 0 Å². The van der Waals surface area contributed by atoms with E-state index in [1.807, 2.05) is 18.2 Å². The van der Waals surface area contributed by atoms with Crippen LogP contribution in [-0.2, 0) is 16.1 Å². The summed E-state index contributed by atoms with van der Waals surface area (Å²) in [7, 11) is 0. The van der Waals surface area contributed by atoms with Crippen LogP contribution in [0.5, 0.6) is 0 Å². The van der Waals surface area contributed by atoms with Gasteiger partial charge >= 0.3 is 0 Å². The van der Waals surface area contributed by atoms with Crippen molar-refractivity contribution in [3.63, 3.8) is 0 Å². The molecule has 0 spiro atoms. The van der Waals surface area contributed by atoms with Crippen molar-refractivity contribution in [3.8, 4) is 17.3 Å². The van der Waals surface area contributed by atoms with Gasteiger partial charge in [-0.3, -0.25) is 9.69 Å². The molecule has 2 aromatic carbocycles. The summed E-state index contributed by atoms with van der Waals surface area (Å²) in [5, 5.41) is 36.9. The van der Waals surface area contributed by atoms with Gasteiger partial charge in [-0.05, 0) is 55.2 Å². The Labute approximate surface area is 241 Å². The van der Waals surface area contributed by atoms with Gasteiger partial charge in [0.1, 0.15) is 12.0 Å². The molecular formula is C29H30ClFN6O4. The SMILES string of the molecule is C[C@H](C(=O)N[C@H](CO)c1cc(F)ccc1C#N)N1Cc2ccc(-c3nc(NC4CCOCC4)ncc3Cl)cc2C1O. The van der Waals surface area contributed by atoms with E-state index < -0.39 is 36.6 Å². The molecule has 214 valence electrons. The minimum absolute atomic E-state index is 0.147. The predicted octanol–water partition coefficient (Wildman–Crippen LogP) is 3.44. The fourth-order valence-electron chi connectivity index (χ4n) is 5.19. The van der Waals surface area contributed by atoms with Gasteiger partial charge in [-0.25, -0.2) is 14.4 Å². The normalized spacial score (nSPS) is 18.8. The summed E-state index contributed by atoms with van der Waals surface area (Å²) in [6, 6.07) is 9.45. The van der Waals surface area contributed by atoms with Gasteiger partial charge in [0.15, 0.2) is 0 Å². The van der Waals surface area contributed by atoms with E-state index in [1.165, 1.54) is 6.07 Å². The van der Waals surface area contributed by atoms with Crippen LogP contribution in [0.4, 0.5) is 10.3 Å². The van der Waals surface area contributed by atoms with Gasteiger partial charge in [-0.1, -0.05) is 23.7 Å². The van der Waals surface area contributed by atoms with E-state index in [0.29, 0.717) is 47.6 Å². The molecule has 5 rings (SSSR count). The van der Waals surface area contributed by atoms with Gasteiger partial charge in [0.2, 0.25) is 11.9 Å². The van der Waals surface area contributed by atoms with E-state index in [-0.39, 0.29) is 17.2 Å². The average molecular weight is 581 g/mol. The van der Waals surface area contributed by atoms with E-state index >= 15 is 0 Å². The number of nitriles is 1. The molecular weight excluding hydrogens is 551 g/mol. The molecule has 0 radical (unpaired) electrons. The first kappa shape index (κ1) is 28.9. The molecule has 1 amide bonds. The largest absolute Gasteiger partial charge is 0.394 e. The van der Waals surface area contributed by atoms with E-state index in [4.69, 9.17) is 16.3 Å². The number of anilines is 1. The molecule has 1 saturated heterocycles. The first-order chi connectivity index (χ1) is 19.8. The summed E-state index contributed by atoms with van der Waals surface area (Å²) >= 11 is 6.46. The van der Waals surface area contributed by atoms with Crippen LogP contribution in [0.15, 0.2) is 42.6 Å². The number of hydrogen-bond acceptors (Lipinski definition) is 9. The number of nitrogens with one attached hydrogen (secondary N) is 2. The third-order valence-electron chi connectivity index (χ3n) is 7.55. The lowest BCUT2D eigenvalue weighted by Crippen LogP contribution is -2.46. The first-order valence-electron chi connectivity index (χ1n) is 13.3. The highest BCUT2D eigenvalue weighted by molar-refractivity contribution is 6.32. The number of fused-ring (bicyclic) bond motifs is 1. The van der Waals surface area contributed by atoms with Crippen molar-refractivity contribution >= 4 is 23.5 Å². The number of aromatic nitrogens is 2. The lowest BCUT2D eigenvalue weighted by Gasteiger charge is -2.28. The number of aliphatic hydroxyl groups is 2. The standard InChI is InChI=1S/C29H30ClFN6O4/c1-16(27(39)35-25(15-38)22-11-20(31)5-4-18(22)12-32)37-14-19-3-2-17(10-23(19)28(37)40)26-24(30)13-33-29(36-26)34-21-6-8-41-9-7-21/h2-5,10-11,13,16,21,25,28,38,40H,6-9,14-15H2,1H3,(H,35,39)(H,33,34,36)/t16-,25-,28?/m1/s1. The monoisotopic (exact) mass is 580 g/mol. The Morgan fingerprint density at radius 1 is 1.29 bits per heavy atom. The molecule has 1 aromatic heterocycles. The van der Waals surface area contributed by atoms with Crippen LogP contribution in [0.25, 0.3) is 11.3 Å². The fraction of sp³-hybridized carbons (Fsp3) is 0.379. The zero-order chi connectivity index (χ0) is 29.1. The highest BCUT2D eigenvalue weighted by atomic mass is 35.5. The van der Waals surface area contributed by atoms with Crippen molar-refractivity contribution in [2.75, 3.05) is 25.1 Å². The molecule has 1 fully saturated rings. The Balaban J connectivity index is 1.32. The number of rotatable bonds is 8. The lowest BCUT2D eigenvalue weighted by atomic mass is 10.0. The number of halogens is 2. The molecule has 0 bridgehead atoms. The maximum atomic E-state index is 13.9. The molecule has 0 saturated carbocycles. The molecule has 2 aliphatic rings. The van der Waals surface area contributed by atoms with Gasteiger partial charge in [0, 0.05) is 36.9 Å². The van der Waals surface area contributed by atoms with Crippen molar-refractivity contribution in [2.45, 2.75) is 50.7 Å². The third-order valence-corrected chi connectivity index (χ3v) is 7.83.